The average Bonchev–Trinajstić information content (AvgIpc) is 3.53. The maximum atomic E-state index is 13.4. The van der Waals surface area contributed by atoms with Gasteiger partial charge in [-0.25, -0.2) is 12.8 Å². The van der Waals surface area contributed by atoms with Crippen LogP contribution in [0, 0.1) is 11.3 Å². The minimum absolute atomic E-state index is 0.0430. The van der Waals surface area contributed by atoms with Crippen molar-refractivity contribution in [3.05, 3.63) is 53.9 Å². The second-order valence-corrected chi connectivity index (χ2v) is 14.2. The molecule has 2 unspecified atom stereocenters. The van der Waals surface area contributed by atoms with Crippen LogP contribution in [0.4, 0.5) is 10.1 Å². The second kappa shape index (κ2) is 12.0. The molecule has 1 saturated carbocycles. The molecule has 10 heteroatoms. The van der Waals surface area contributed by atoms with Crippen molar-refractivity contribution in [1.29, 1.82) is 0 Å². The zero-order chi connectivity index (χ0) is 28.3. The first kappa shape index (κ1) is 28.8. The molecule has 40 heavy (non-hydrogen) atoms. The zero-order valence-electron chi connectivity index (χ0n) is 23.3. The first-order valence-corrected chi connectivity index (χ1v) is 16.4. The van der Waals surface area contributed by atoms with Crippen molar-refractivity contribution in [3.8, 4) is 0 Å². The number of carbonyl (C=O) groups excluding carboxylic acids is 2. The number of allylic oxidation sites excluding steroid dienone is 4. The van der Waals surface area contributed by atoms with E-state index in [1.54, 1.807) is 29.2 Å². The van der Waals surface area contributed by atoms with E-state index in [1.165, 1.54) is 12.8 Å². The number of hydrogen-bond donors (Lipinski definition) is 2. The third-order valence-corrected chi connectivity index (χ3v) is 10.5. The molecule has 0 bridgehead atoms. The van der Waals surface area contributed by atoms with Crippen molar-refractivity contribution in [2.24, 2.45) is 11.3 Å². The predicted molar refractivity (Wildman–Crippen MR) is 155 cm³/mol. The summed E-state index contributed by atoms with van der Waals surface area (Å²) in [6, 6.07) is 7.13. The topological polar surface area (TPSA) is 98.8 Å². The van der Waals surface area contributed by atoms with Crippen molar-refractivity contribution in [3.63, 3.8) is 0 Å². The highest BCUT2D eigenvalue weighted by Crippen LogP contribution is 2.50. The van der Waals surface area contributed by atoms with Gasteiger partial charge in [-0.15, -0.1) is 0 Å². The summed E-state index contributed by atoms with van der Waals surface area (Å²) in [5.41, 5.74) is 1.55. The Kier molecular flexibility index (Phi) is 8.66. The summed E-state index contributed by atoms with van der Waals surface area (Å²) in [6.07, 6.45) is 10.4. The molecule has 1 aromatic carbocycles. The number of benzene rings is 1. The summed E-state index contributed by atoms with van der Waals surface area (Å²) in [6.45, 7) is 5.22. The van der Waals surface area contributed by atoms with Crippen LogP contribution in [0.5, 0.6) is 0 Å². The van der Waals surface area contributed by atoms with Crippen LogP contribution in [-0.2, 0) is 14.6 Å². The van der Waals surface area contributed by atoms with Crippen LogP contribution in [0.1, 0.15) is 55.8 Å². The van der Waals surface area contributed by atoms with E-state index in [4.69, 9.17) is 0 Å². The first-order valence-electron chi connectivity index (χ1n) is 14.6. The molecule has 5 rings (SSSR count). The van der Waals surface area contributed by atoms with E-state index in [-0.39, 0.29) is 47.7 Å². The molecule has 0 aromatic heterocycles. The van der Waals surface area contributed by atoms with Gasteiger partial charge in [0.1, 0.15) is 11.9 Å². The highest BCUT2D eigenvalue weighted by molar-refractivity contribution is 7.91. The lowest BCUT2D eigenvalue weighted by Gasteiger charge is -2.31. The van der Waals surface area contributed by atoms with E-state index >= 15 is 0 Å². The fourth-order valence-electron chi connectivity index (χ4n) is 6.19. The predicted octanol–water partition coefficient (Wildman–Crippen LogP) is 3.22. The number of rotatable bonds is 10. The summed E-state index contributed by atoms with van der Waals surface area (Å²) in [4.78, 5) is 30.4. The van der Waals surface area contributed by atoms with Crippen LogP contribution in [0.2, 0.25) is 0 Å². The van der Waals surface area contributed by atoms with E-state index in [2.05, 4.69) is 22.5 Å². The lowest BCUT2D eigenvalue weighted by Crippen LogP contribution is -2.53. The minimum atomic E-state index is -3.12. The summed E-state index contributed by atoms with van der Waals surface area (Å²) < 4.78 is 37.2. The smallest absolute Gasteiger partial charge is 0.251 e. The Morgan fingerprint density at radius 3 is 2.45 bits per heavy atom. The number of amides is 2. The van der Waals surface area contributed by atoms with E-state index in [0.29, 0.717) is 43.3 Å². The number of hydrogen-bond acceptors (Lipinski definition) is 6. The number of anilines is 1. The SMILES string of the molecule is CC1([C@@H]2CC2NCCC[C@H](NC(=O)c2ccc(N3CCCC3)cc2)C(=O)N2CCS(=O)(=O)CC2)C=CC(F)=CC1. The third-order valence-electron chi connectivity index (χ3n) is 8.93. The van der Waals surface area contributed by atoms with Gasteiger partial charge in [0, 0.05) is 43.5 Å². The van der Waals surface area contributed by atoms with E-state index in [9.17, 15) is 22.4 Å². The van der Waals surface area contributed by atoms with Gasteiger partial charge in [-0.05, 0) is 92.8 Å². The molecule has 4 aliphatic rings. The molecular formula is C30H41FN4O4S. The Morgan fingerprint density at radius 2 is 1.80 bits per heavy atom. The number of carbonyl (C=O) groups is 2. The van der Waals surface area contributed by atoms with Crippen molar-refractivity contribution in [2.75, 3.05) is 49.1 Å². The Morgan fingerprint density at radius 1 is 1.10 bits per heavy atom. The monoisotopic (exact) mass is 572 g/mol. The van der Waals surface area contributed by atoms with Crippen LogP contribution in [0.3, 0.4) is 0 Å². The molecule has 2 aliphatic carbocycles. The molecule has 2 saturated heterocycles. The van der Waals surface area contributed by atoms with Gasteiger partial charge < -0.3 is 20.4 Å². The Hall–Kier alpha value is -2.72. The van der Waals surface area contributed by atoms with Crippen molar-refractivity contribution in [2.45, 2.75) is 57.5 Å². The molecule has 2 amide bonds. The zero-order valence-corrected chi connectivity index (χ0v) is 24.1. The quantitative estimate of drug-likeness (QED) is 0.418. The van der Waals surface area contributed by atoms with Gasteiger partial charge in [0.25, 0.3) is 5.91 Å². The summed E-state index contributed by atoms with van der Waals surface area (Å²) >= 11 is 0. The van der Waals surface area contributed by atoms with Gasteiger partial charge in [-0.3, -0.25) is 9.59 Å². The van der Waals surface area contributed by atoms with Gasteiger partial charge in [0.05, 0.1) is 11.5 Å². The normalized spacial score (nSPS) is 28.2. The minimum Gasteiger partial charge on any atom is -0.372 e. The molecule has 0 radical (unpaired) electrons. The molecule has 3 fully saturated rings. The van der Waals surface area contributed by atoms with Gasteiger partial charge in [0.2, 0.25) is 5.91 Å². The Labute approximate surface area is 237 Å². The van der Waals surface area contributed by atoms with Crippen LogP contribution < -0.4 is 15.5 Å². The van der Waals surface area contributed by atoms with Crippen LogP contribution in [-0.4, -0.2) is 81.4 Å². The van der Waals surface area contributed by atoms with E-state index in [1.807, 2.05) is 18.2 Å². The molecule has 4 atom stereocenters. The summed E-state index contributed by atoms with van der Waals surface area (Å²) in [5.74, 6) is -0.348. The lowest BCUT2D eigenvalue weighted by molar-refractivity contribution is -0.133. The number of nitrogens with one attached hydrogen (secondary N) is 2. The largest absolute Gasteiger partial charge is 0.372 e. The Balaban J connectivity index is 1.16. The molecule has 1 aromatic rings. The van der Waals surface area contributed by atoms with E-state index in [0.717, 1.165) is 25.2 Å². The number of sulfone groups is 1. The maximum absolute atomic E-state index is 13.4. The van der Waals surface area contributed by atoms with Crippen LogP contribution in [0.25, 0.3) is 0 Å². The summed E-state index contributed by atoms with van der Waals surface area (Å²) in [5, 5.41) is 6.52. The van der Waals surface area contributed by atoms with Crippen molar-refractivity contribution < 1.29 is 22.4 Å². The van der Waals surface area contributed by atoms with Crippen LogP contribution in [0.15, 0.2) is 48.3 Å². The van der Waals surface area contributed by atoms with E-state index < -0.39 is 15.9 Å². The molecule has 2 N–H and O–H groups in total. The average molecular weight is 573 g/mol. The third kappa shape index (κ3) is 6.94. The Bertz CT molecular complexity index is 1240. The van der Waals surface area contributed by atoms with Gasteiger partial charge in [-0.2, -0.15) is 0 Å². The molecule has 0 spiro atoms. The van der Waals surface area contributed by atoms with Crippen LogP contribution >= 0.6 is 0 Å². The van der Waals surface area contributed by atoms with Gasteiger partial charge in [0.15, 0.2) is 9.84 Å². The standard InChI is InChI=1S/C30H41FN4O4S/c1-30(12-10-23(31)11-13-30)25-21-27(25)32-14-4-5-26(29(37)35-17-19-40(38,39)20-18-35)33-28(36)22-6-8-24(9-7-22)34-15-2-3-16-34/h6-12,25-27,32H,2-5,13-21H2,1H3,(H,33,36)/t25-,26+,27?,30?/m1/s1. The molecular weight excluding hydrogens is 531 g/mol. The molecule has 8 nitrogen and oxygen atoms in total. The fraction of sp³-hybridized carbons (Fsp3) is 0.600. The molecule has 2 aliphatic heterocycles. The highest BCUT2D eigenvalue weighted by Gasteiger charge is 2.48. The first-order chi connectivity index (χ1) is 19.1. The van der Waals surface area contributed by atoms with Crippen molar-refractivity contribution >= 4 is 27.3 Å². The van der Waals surface area contributed by atoms with Crippen molar-refractivity contribution in [1.82, 2.24) is 15.5 Å². The van der Waals surface area contributed by atoms with Gasteiger partial charge in [-0.1, -0.05) is 13.0 Å². The molecule has 2 heterocycles. The fourth-order valence-corrected chi connectivity index (χ4v) is 7.39. The molecule has 218 valence electrons. The number of halogens is 1. The maximum Gasteiger partial charge on any atom is 0.251 e. The lowest BCUT2D eigenvalue weighted by atomic mass is 9.78. The van der Waals surface area contributed by atoms with Gasteiger partial charge >= 0.3 is 0 Å². The summed E-state index contributed by atoms with van der Waals surface area (Å²) in [7, 11) is -3.12. The number of nitrogens with zero attached hydrogens (tertiary/aromatic N) is 2. The highest BCUT2D eigenvalue weighted by atomic mass is 32.2. The second-order valence-electron chi connectivity index (χ2n) is 11.9.